The lowest BCUT2D eigenvalue weighted by atomic mass is 10.0. The average molecular weight is 893 g/mol. The second-order valence-electron chi connectivity index (χ2n) is 17.8. The second-order valence-corrected chi connectivity index (χ2v) is 17.8. The Bertz CT molecular complexity index is 1210. The second kappa shape index (κ2) is 52.5. The zero-order valence-electron chi connectivity index (χ0n) is 42.0. The minimum Gasteiger partial charge on any atom is -0.462 e. The Morgan fingerprint density at radius 3 is 1.12 bits per heavy atom. The van der Waals surface area contributed by atoms with Gasteiger partial charge < -0.3 is 14.2 Å². The van der Waals surface area contributed by atoms with Crippen molar-refractivity contribution in [1.29, 1.82) is 0 Å². The Labute approximate surface area is 395 Å². The number of ether oxygens (including phenoxy) is 3. The van der Waals surface area contributed by atoms with Crippen molar-refractivity contribution in [2.75, 3.05) is 13.2 Å². The maximum absolute atomic E-state index is 12.8. The van der Waals surface area contributed by atoms with Crippen molar-refractivity contribution >= 4 is 17.9 Å². The molecule has 0 aromatic rings. The molecule has 64 heavy (non-hydrogen) atoms. The van der Waals surface area contributed by atoms with Crippen LogP contribution in [0.15, 0.2) is 72.9 Å². The summed E-state index contributed by atoms with van der Waals surface area (Å²) in [6, 6.07) is 0. The summed E-state index contributed by atoms with van der Waals surface area (Å²) in [7, 11) is 0. The molecule has 0 fully saturated rings. The minimum absolute atomic E-state index is 0.0828. The molecule has 0 aliphatic heterocycles. The molecule has 0 saturated carbocycles. The average Bonchev–Trinajstić information content (AvgIpc) is 3.29. The van der Waals surface area contributed by atoms with Gasteiger partial charge in [0.2, 0.25) is 0 Å². The van der Waals surface area contributed by atoms with Crippen LogP contribution in [0.1, 0.15) is 258 Å². The van der Waals surface area contributed by atoms with Crippen LogP contribution in [-0.4, -0.2) is 37.2 Å². The summed E-state index contributed by atoms with van der Waals surface area (Å²) in [5, 5.41) is 0. The molecule has 0 aromatic heterocycles. The Balaban J connectivity index is 4.40. The number of carbonyl (C=O) groups is 3. The van der Waals surface area contributed by atoms with Crippen LogP contribution >= 0.6 is 0 Å². The quantitative estimate of drug-likeness (QED) is 0.0199. The van der Waals surface area contributed by atoms with Gasteiger partial charge in [0.05, 0.1) is 0 Å². The molecule has 0 aromatic carbocycles. The summed E-state index contributed by atoms with van der Waals surface area (Å²) in [4.78, 5) is 38.1. The molecular formula is C58H100O6. The minimum atomic E-state index is -0.785. The van der Waals surface area contributed by atoms with Crippen molar-refractivity contribution in [3.63, 3.8) is 0 Å². The van der Waals surface area contributed by atoms with Gasteiger partial charge in [-0.05, 0) is 70.6 Å². The molecule has 0 aliphatic carbocycles. The Morgan fingerprint density at radius 1 is 0.344 bits per heavy atom. The van der Waals surface area contributed by atoms with Gasteiger partial charge in [0.25, 0.3) is 0 Å². The predicted octanol–water partition coefficient (Wildman–Crippen LogP) is 17.8. The van der Waals surface area contributed by atoms with Crippen molar-refractivity contribution < 1.29 is 28.6 Å². The van der Waals surface area contributed by atoms with Gasteiger partial charge in [0.1, 0.15) is 13.2 Å². The number of unbranched alkanes of at least 4 members (excludes halogenated alkanes) is 27. The normalized spacial score (nSPS) is 12.6. The third kappa shape index (κ3) is 49.9. The number of hydrogen-bond acceptors (Lipinski definition) is 6. The first-order valence-corrected chi connectivity index (χ1v) is 27.0. The molecule has 6 heteroatoms. The molecule has 0 aliphatic rings. The predicted molar refractivity (Wildman–Crippen MR) is 274 cm³/mol. The van der Waals surface area contributed by atoms with E-state index in [4.69, 9.17) is 14.2 Å². The monoisotopic (exact) mass is 893 g/mol. The van der Waals surface area contributed by atoms with E-state index in [1.54, 1.807) is 0 Å². The van der Waals surface area contributed by atoms with E-state index in [0.29, 0.717) is 19.3 Å². The van der Waals surface area contributed by atoms with E-state index < -0.39 is 6.10 Å². The number of carbonyl (C=O) groups excluding carboxylic acids is 3. The maximum atomic E-state index is 12.8. The van der Waals surface area contributed by atoms with Crippen LogP contribution in [0.3, 0.4) is 0 Å². The van der Waals surface area contributed by atoms with Gasteiger partial charge >= 0.3 is 17.9 Å². The lowest BCUT2D eigenvalue weighted by Crippen LogP contribution is -2.30. The fourth-order valence-corrected chi connectivity index (χ4v) is 7.52. The third-order valence-electron chi connectivity index (χ3n) is 11.5. The van der Waals surface area contributed by atoms with E-state index in [9.17, 15) is 14.4 Å². The molecule has 0 rings (SSSR count). The molecule has 0 radical (unpaired) electrons. The van der Waals surface area contributed by atoms with Crippen LogP contribution in [0.5, 0.6) is 0 Å². The van der Waals surface area contributed by atoms with Crippen molar-refractivity contribution in [2.24, 2.45) is 0 Å². The van der Waals surface area contributed by atoms with Crippen LogP contribution < -0.4 is 0 Å². The van der Waals surface area contributed by atoms with E-state index in [1.165, 1.54) is 122 Å². The first-order chi connectivity index (χ1) is 31.5. The summed E-state index contributed by atoms with van der Waals surface area (Å²) in [5.74, 6) is -0.902. The molecule has 0 N–H and O–H groups in total. The topological polar surface area (TPSA) is 78.9 Å². The van der Waals surface area contributed by atoms with E-state index >= 15 is 0 Å². The molecule has 0 bridgehead atoms. The molecule has 368 valence electrons. The number of allylic oxidation sites excluding steroid dienone is 12. The van der Waals surface area contributed by atoms with Gasteiger partial charge in [-0.1, -0.05) is 241 Å². The Morgan fingerprint density at radius 2 is 0.688 bits per heavy atom. The molecule has 0 heterocycles. The SMILES string of the molecule is CC\C=C/C=C\C=C/CCCCCCCCCC(=O)OC(COC(=O)CCCCCCCC/C=C\C/C=C\C/C=C\CC)COC(=O)CCCCCCCCCCCCCCCCC. The van der Waals surface area contributed by atoms with Crippen LogP contribution in [-0.2, 0) is 28.6 Å². The smallest absolute Gasteiger partial charge is 0.306 e. The zero-order chi connectivity index (χ0) is 46.5. The van der Waals surface area contributed by atoms with E-state index in [-0.39, 0.29) is 31.1 Å². The van der Waals surface area contributed by atoms with E-state index in [1.807, 2.05) is 0 Å². The Kier molecular flexibility index (Phi) is 49.9. The van der Waals surface area contributed by atoms with Crippen LogP contribution in [0.25, 0.3) is 0 Å². The van der Waals surface area contributed by atoms with Crippen molar-refractivity contribution in [3.05, 3.63) is 72.9 Å². The fourth-order valence-electron chi connectivity index (χ4n) is 7.52. The van der Waals surface area contributed by atoms with Crippen molar-refractivity contribution in [2.45, 2.75) is 264 Å². The molecule has 6 nitrogen and oxygen atoms in total. The highest BCUT2D eigenvalue weighted by molar-refractivity contribution is 5.71. The molecular weight excluding hydrogens is 793 g/mol. The summed E-state index contributed by atoms with van der Waals surface area (Å²) in [6.45, 7) is 6.39. The van der Waals surface area contributed by atoms with Crippen molar-refractivity contribution in [3.8, 4) is 0 Å². The molecule has 0 amide bonds. The number of esters is 3. The van der Waals surface area contributed by atoms with Crippen LogP contribution in [0.4, 0.5) is 0 Å². The summed E-state index contributed by atoms with van der Waals surface area (Å²) < 4.78 is 16.8. The van der Waals surface area contributed by atoms with E-state index in [2.05, 4.69) is 93.7 Å². The van der Waals surface area contributed by atoms with Gasteiger partial charge in [-0.2, -0.15) is 0 Å². The van der Waals surface area contributed by atoms with Gasteiger partial charge in [-0.25, -0.2) is 0 Å². The van der Waals surface area contributed by atoms with Crippen LogP contribution in [0.2, 0.25) is 0 Å². The lowest BCUT2D eigenvalue weighted by Gasteiger charge is -2.18. The highest BCUT2D eigenvalue weighted by Gasteiger charge is 2.19. The van der Waals surface area contributed by atoms with Crippen molar-refractivity contribution in [1.82, 2.24) is 0 Å². The maximum Gasteiger partial charge on any atom is 0.306 e. The number of rotatable bonds is 48. The standard InChI is InChI=1S/C58H100O6/c1-4-7-10-13-16-19-22-25-28-31-33-36-39-42-45-48-51-57(60)63-54-55(64-58(61)52-49-46-43-40-37-34-30-27-24-21-18-15-12-9-6-3)53-62-56(59)50-47-44-41-38-35-32-29-26-23-20-17-14-11-8-5-2/h7,9-10,12,15-16,18-19,21,24-25,28,55H,4-6,8,11,13-14,17,20,22-23,26-27,29-54H2,1-3H3/b10-7-,12-9-,18-15-,19-16-,24-21-,28-25-. The van der Waals surface area contributed by atoms with Gasteiger partial charge in [0, 0.05) is 19.3 Å². The largest absolute Gasteiger partial charge is 0.462 e. The van der Waals surface area contributed by atoms with Crippen LogP contribution in [0, 0.1) is 0 Å². The lowest BCUT2D eigenvalue weighted by molar-refractivity contribution is -0.167. The molecule has 1 unspecified atom stereocenters. The van der Waals surface area contributed by atoms with Gasteiger partial charge in [0.15, 0.2) is 6.10 Å². The van der Waals surface area contributed by atoms with E-state index in [0.717, 1.165) is 96.3 Å². The van der Waals surface area contributed by atoms with Gasteiger partial charge in [-0.15, -0.1) is 0 Å². The molecule has 0 saturated heterocycles. The van der Waals surface area contributed by atoms with Gasteiger partial charge in [-0.3, -0.25) is 14.4 Å². The molecule has 1 atom stereocenters. The summed E-state index contributed by atoms with van der Waals surface area (Å²) in [5.41, 5.74) is 0. The Hall–Kier alpha value is -3.15. The number of hydrogen-bond donors (Lipinski definition) is 0. The summed E-state index contributed by atoms with van der Waals surface area (Å²) >= 11 is 0. The zero-order valence-corrected chi connectivity index (χ0v) is 42.0. The third-order valence-corrected chi connectivity index (χ3v) is 11.5. The highest BCUT2D eigenvalue weighted by Crippen LogP contribution is 2.16. The first-order valence-electron chi connectivity index (χ1n) is 27.0. The highest BCUT2D eigenvalue weighted by atomic mass is 16.6. The first kappa shape index (κ1) is 60.9. The molecule has 0 spiro atoms. The summed E-state index contributed by atoms with van der Waals surface area (Å²) in [6.07, 6.45) is 66.0. The fraction of sp³-hybridized carbons (Fsp3) is 0.741.